The molecule has 0 bridgehead atoms. The van der Waals surface area contributed by atoms with Crippen molar-refractivity contribution in [1.82, 2.24) is 19.9 Å². The molecular weight excluding hydrogens is 196 g/mol. The van der Waals surface area contributed by atoms with Gasteiger partial charge < -0.3 is 9.72 Å². The molecule has 6 heteroatoms. The summed E-state index contributed by atoms with van der Waals surface area (Å²) >= 11 is 0. The average molecular weight is 206 g/mol. The molecule has 2 aromatic heterocycles. The lowest BCUT2D eigenvalue weighted by molar-refractivity contribution is 0.400. The summed E-state index contributed by atoms with van der Waals surface area (Å²) in [6.45, 7) is 3.34. The first-order valence-corrected chi connectivity index (χ1v) is 4.41. The third kappa shape index (κ3) is 1.54. The summed E-state index contributed by atoms with van der Waals surface area (Å²) < 4.78 is 5.07. The van der Waals surface area contributed by atoms with Gasteiger partial charge in [-0.05, 0) is 13.8 Å². The lowest BCUT2D eigenvalue weighted by atomic mass is 10.4. The van der Waals surface area contributed by atoms with Crippen LogP contribution in [0.3, 0.4) is 0 Å². The van der Waals surface area contributed by atoms with Crippen molar-refractivity contribution in [2.45, 2.75) is 13.8 Å². The van der Waals surface area contributed by atoms with Gasteiger partial charge in [0.05, 0.1) is 7.11 Å². The molecule has 0 saturated carbocycles. The summed E-state index contributed by atoms with van der Waals surface area (Å²) in [5.41, 5.74) is 0.992. The molecule has 6 nitrogen and oxygen atoms in total. The highest BCUT2D eigenvalue weighted by Gasteiger charge is 2.09. The highest BCUT2D eigenvalue weighted by Crippen LogP contribution is 2.16. The molecule has 0 radical (unpaired) electrons. The number of nitrogens with zero attached hydrogens (tertiary/aromatic N) is 3. The third-order valence-corrected chi connectivity index (χ3v) is 2.00. The molecule has 0 aromatic carbocycles. The van der Waals surface area contributed by atoms with E-state index in [0.29, 0.717) is 28.6 Å². The van der Waals surface area contributed by atoms with Crippen LogP contribution in [0.2, 0.25) is 0 Å². The standard InChI is InChI=1S/C9H10N4O2/c1-4-8(14)13-7-6(10-4)9(15-3)12-5(2)11-7/h1-3H3,(H,11,12,13,14). The summed E-state index contributed by atoms with van der Waals surface area (Å²) in [5, 5.41) is 0. The van der Waals surface area contributed by atoms with E-state index in [1.807, 2.05) is 0 Å². The molecule has 0 spiro atoms. The number of H-pyrrole nitrogens is 1. The van der Waals surface area contributed by atoms with E-state index in [0.717, 1.165) is 0 Å². The summed E-state index contributed by atoms with van der Waals surface area (Å²) in [4.78, 5) is 26.2. The fraction of sp³-hybridized carbons (Fsp3) is 0.333. The minimum Gasteiger partial charge on any atom is -0.479 e. The van der Waals surface area contributed by atoms with Crippen LogP contribution in [0.5, 0.6) is 5.88 Å². The first-order chi connectivity index (χ1) is 7.11. The minimum atomic E-state index is -0.248. The molecule has 1 N–H and O–H groups in total. The van der Waals surface area contributed by atoms with Crippen molar-refractivity contribution in [2.24, 2.45) is 0 Å². The SMILES string of the molecule is COc1nc(C)nc2[nH]c(=O)c(C)nc12. The van der Waals surface area contributed by atoms with Gasteiger partial charge in [0.25, 0.3) is 5.56 Å². The van der Waals surface area contributed by atoms with Crippen molar-refractivity contribution >= 4 is 11.2 Å². The Bertz CT molecular complexity index is 576. The van der Waals surface area contributed by atoms with Crippen molar-refractivity contribution < 1.29 is 4.74 Å². The molecule has 0 atom stereocenters. The molecule has 0 amide bonds. The van der Waals surface area contributed by atoms with E-state index in [1.165, 1.54) is 7.11 Å². The van der Waals surface area contributed by atoms with Gasteiger partial charge in [-0.3, -0.25) is 4.79 Å². The van der Waals surface area contributed by atoms with Crippen molar-refractivity contribution in [3.8, 4) is 5.88 Å². The Morgan fingerprint density at radius 1 is 1.20 bits per heavy atom. The van der Waals surface area contributed by atoms with Crippen molar-refractivity contribution in [3.63, 3.8) is 0 Å². The lowest BCUT2D eigenvalue weighted by Gasteiger charge is -2.04. The molecule has 2 rings (SSSR count). The number of methoxy groups -OCH3 is 1. The van der Waals surface area contributed by atoms with Crippen LogP contribution in [-0.4, -0.2) is 27.0 Å². The van der Waals surface area contributed by atoms with Crippen LogP contribution in [0.4, 0.5) is 0 Å². The van der Waals surface area contributed by atoms with Gasteiger partial charge in [0.1, 0.15) is 11.5 Å². The molecule has 0 aliphatic carbocycles. The van der Waals surface area contributed by atoms with E-state index in [4.69, 9.17) is 4.74 Å². The van der Waals surface area contributed by atoms with Gasteiger partial charge in [-0.15, -0.1) is 0 Å². The molecule has 0 aliphatic heterocycles. The Balaban J connectivity index is 2.90. The van der Waals surface area contributed by atoms with Crippen LogP contribution in [-0.2, 0) is 0 Å². The van der Waals surface area contributed by atoms with Gasteiger partial charge in [0.2, 0.25) is 5.88 Å². The summed E-state index contributed by atoms with van der Waals surface area (Å²) in [6.07, 6.45) is 0. The Morgan fingerprint density at radius 3 is 2.60 bits per heavy atom. The molecule has 2 aromatic rings. The number of rotatable bonds is 1. The van der Waals surface area contributed by atoms with Gasteiger partial charge in [-0.1, -0.05) is 0 Å². The second kappa shape index (κ2) is 3.30. The van der Waals surface area contributed by atoms with Gasteiger partial charge in [-0.25, -0.2) is 9.97 Å². The van der Waals surface area contributed by atoms with Crippen LogP contribution < -0.4 is 10.3 Å². The van der Waals surface area contributed by atoms with Crippen molar-refractivity contribution in [2.75, 3.05) is 7.11 Å². The first kappa shape index (κ1) is 9.57. The zero-order valence-electron chi connectivity index (χ0n) is 8.66. The van der Waals surface area contributed by atoms with E-state index in [9.17, 15) is 4.79 Å². The normalized spacial score (nSPS) is 10.6. The molecule has 78 valence electrons. The van der Waals surface area contributed by atoms with E-state index in [1.54, 1.807) is 13.8 Å². The van der Waals surface area contributed by atoms with E-state index < -0.39 is 0 Å². The van der Waals surface area contributed by atoms with E-state index in [-0.39, 0.29) is 5.56 Å². The number of hydrogen-bond donors (Lipinski definition) is 1. The first-order valence-electron chi connectivity index (χ1n) is 4.41. The van der Waals surface area contributed by atoms with Crippen molar-refractivity contribution in [3.05, 3.63) is 21.9 Å². The minimum absolute atomic E-state index is 0.248. The second-order valence-corrected chi connectivity index (χ2v) is 3.13. The van der Waals surface area contributed by atoms with Crippen LogP contribution in [0.1, 0.15) is 11.5 Å². The topological polar surface area (TPSA) is 80.8 Å². The van der Waals surface area contributed by atoms with Crippen LogP contribution in [0.15, 0.2) is 4.79 Å². The maximum atomic E-state index is 11.3. The Hall–Kier alpha value is -1.98. The molecule has 2 heterocycles. The number of nitrogens with one attached hydrogen (secondary N) is 1. The van der Waals surface area contributed by atoms with Gasteiger partial charge in [0.15, 0.2) is 11.2 Å². The quantitative estimate of drug-likeness (QED) is 0.727. The number of aromatic nitrogens is 4. The smallest absolute Gasteiger partial charge is 0.270 e. The van der Waals surface area contributed by atoms with Gasteiger partial charge in [0, 0.05) is 0 Å². The number of aromatic amines is 1. The van der Waals surface area contributed by atoms with E-state index >= 15 is 0 Å². The van der Waals surface area contributed by atoms with Crippen LogP contribution >= 0.6 is 0 Å². The summed E-state index contributed by atoms with van der Waals surface area (Å²) in [7, 11) is 1.50. The number of aryl methyl sites for hydroxylation is 2. The Labute approximate surface area is 85.4 Å². The van der Waals surface area contributed by atoms with Crippen molar-refractivity contribution in [1.29, 1.82) is 0 Å². The molecule has 0 fully saturated rings. The lowest BCUT2D eigenvalue weighted by Crippen LogP contribution is -2.13. The molecular formula is C9H10N4O2. The second-order valence-electron chi connectivity index (χ2n) is 3.13. The summed E-state index contributed by atoms with van der Waals surface area (Å²) in [6, 6.07) is 0. The number of fused-ring (bicyclic) bond motifs is 1. The monoisotopic (exact) mass is 206 g/mol. The zero-order chi connectivity index (χ0) is 11.0. The highest BCUT2D eigenvalue weighted by atomic mass is 16.5. The summed E-state index contributed by atoms with van der Waals surface area (Å²) in [5.74, 6) is 0.900. The maximum Gasteiger partial charge on any atom is 0.270 e. The highest BCUT2D eigenvalue weighted by molar-refractivity contribution is 5.75. The van der Waals surface area contributed by atoms with Gasteiger partial charge in [-0.2, -0.15) is 4.98 Å². The van der Waals surface area contributed by atoms with Gasteiger partial charge >= 0.3 is 0 Å². The molecule has 0 saturated heterocycles. The molecule has 15 heavy (non-hydrogen) atoms. The zero-order valence-corrected chi connectivity index (χ0v) is 8.66. The number of ether oxygens (including phenoxy) is 1. The fourth-order valence-electron chi connectivity index (χ4n) is 1.29. The fourth-order valence-corrected chi connectivity index (χ4v) is 1.29. The van der Waals surface area contributed by atoms with E-state index in [2.05, 4.69) is 19.9 Å². The molecule has 0 unspecified atom stereocenters. The molecule has 0 aliphatic rings. The van der Waals surface area contributed by atoms with Crippen LogP contribution in [0.25, 0.3) is 11.2 Å². The average Bonchev–Trinajstić information content (AvgIpc) is 2.19. The predicted octanol–water partition coefficient (Wildman–Crippen LogP) is 0.339. The third-order valence-electron chi connectivity index (χ3n) is 2.00. The largest absolute Gasteiger partial charge is 0.479 e. The Morgan fingerprint density at radius 2 is 1.93 bits per heavy atom. The predicted molar refractivity (Wildman–Crippen MR) is 54.0 cm³/mol. The maximum absolute atomic E-state index is 11.3. The van der Waals surface area contributed by atoms with Crippen LogP contribution in [0, 0.1) is 13.8 Å². The Kier molecular flexibility index (Phi) is 2.11. The number of hydrogen-bond acceptors (Lipinski definition) is 5.